The smallest absolute Gasteiger partial charge is 0.119 e. The summed E-state index contributed by atoms with van der Waals surface area (Å²) in [6, 6.07) is 14.5. The molecule has 0 aliphatic rings. The van der Waals surface area contributed by atoms with Crippen molar-refractivity contribution in [2.45, 2.75) is 19.4 Å². The van der Waals surface area contributed by atoms with E-state index in [4.69, 9.17) is 4.74 Å². The van der Waals surface area contributed by atoms with E-state index >= 15 is 0 Å². The lowest BCUT2D eigenvalue weighted by molar-refractivity contribution is 0.320. The molecule has 0 saturated heterocycles. The Kier molecular flexibility index (Phi) is 4.93. The van der Waals surface area contributed by atoms with Crippen LogP contribution in [0.2, 0.25) is 0 Å². The Labute approximate surface area is 114 Å². The summed E-state index contributed by atoms with van der Waals surface area (Å²) in [4.78, 5) is 4.28. The van der Waals surface area contributed by atoms with Gasteiger partial charge in [0, 0.05) is 24.4 Å². The second-order valence-electron chi connectivity index (χ2n) is 4.50. The molecule has 0 fully saturated rings. The highest BCUT2D eigenvalue weighted by Crippen LogP contribution is 2.18. The van der Waals surface area contributed by atoms with Gasteiger partial charge in [0.1, 0.15) is 5.75 Å². The van der Waals surface area contributed by atoms with Gasteiger partial charge < -0.3 is 10.1 Å². The maximum Gasteiger partial charge on any atom is 0.119 e. The first-order chi connectivity index (χ1) is 9.29. The summed E-state index contributed by atoms with van der Waals surface area (Å²) in [5.74, 6) is 0.913. The largest absolute Gasteiger partial charge is 0.493 e. The van der Waals surface area contributed by atoms with Crippen LogP contribution >= 0.6 is 0 Å². The number of ether oxygens (including phenoxy) is 1. The summed E-state index contributed by atoms with van der Waals surface area (Å²) in [5, 5.41) is 3.22. The molecule has 0 aliphatic carbocycles. The average molecular weight is 256 g/mol. The Hall–Kier alpha value is -1.87. The van der Waals surface area contributed by atoms with Crippen LogP contribution < -0.4 is 10.1 Å². The van der Waals surface area contributed by atoms with E-state index in [0.717, 1.165) is 17.9 Å². The van der Waals surface area contributed by atoms with Gasteiger partial charge in [0.2, 0.25) is 0 Å². The van der Waals surface area contributed by atoms with Crippen LogP contribution in [-0.2, 0) is 6.42 Å². The molecule has 19 heavy (non-hydrogen) atoms. The second kappa shape index (κ2) is 6.90. The number of hydrogen-bond donors (Lipinski definition) is 1. The van der Waals surface area contributed by atoms with Gasteiger partial charge in [0.15, 0.2) is 0 Å². The molecule has 100 valence electrons. The summed E-state index contributed by atoms with van der Waals surface area (Å²) < 4.78 is 5.78. The molecular formula is C16H20N2O. The molecule has 0 spiro atoms. The van der Waals surface area contributed by atoms with Crippen molar-refractivity contribution in [1.82, 2.24) is 10.3 Å². The van der Waals surface area contributed by atoms with E-state index in [1.165, 1.54) is 5.56 Å². The van der Waals surface area contributed by atoms with Crippen LogP contribution in [0.15, 0.2) is 48.7 Å². The Balaban J connectivity index is 1.89. The van der Waals surface area contributed by atoms with Gasteiger partial charge in [-0.2, -0.15) is 0 Å². The highest BCUT2D eigenvalue weighted by molar-refractivity contribution is 5.30. The lowest BCUT2D eigenvalue weighted by atomic mass is 10.1. The van der Waals surface area contributed by atoms with E-state index < -0.39 is 0 Å². The number of nitrogens with zero attached hydrogens (tertiary/aromatic N) is 1. The number of benzene rings is 1. The summed E-state index contributed by atoms with van der Waals surface area (Å²) in [5.41, 5.74) is 2.29. The molecule has 2 rings (SSSR count). The van der Waals surface area contributed by atoms with E-state index in [0.29, 0.717) is 12.6 Å². The molecule has 0 aliphatic heterocycles. The molecule has 3 heteroatoms. The first-order valence-electron chi connectivity index (χ1n) is 6.59. The number of aromatic nitrogens is 1. The quantitative estimate of drug-likeness (QED) is 0.862. The topological polar surface area (TPSA) is 34.1 Å². The predicted molar refractivity (Wildman–Crippen MR) is 77.4 cm³/mol. The van der Waals surface area contributed by atoms with E-state index in [1.807, 2.05) is 43.6 Å². The van der Waals surface area contributed by atoms with Crippen molar-refractivity contribution in [2.75, 3.05) is 13.7 Å². The minimum absolute atomic E-state index is 0.333. The molecule has 0 bridgehead atoms. The van der Waals surface area contributed by atoms with Gasteiger partial charge in [-0.05, 0) is 43.8 Å². The van der Waals surface area contributed by atoms with Crippen molar-refractivity contribution >= 4 is 0 Å². The molecule has 1 atom stereocenters. The zero-order chi connectivity index (χ0) is 13.5. The molecule has 1 N–H and O–H groups in total. The molecule has 1 aromatic heterocycles. The Morgan fingerprint density at radius 1 is 1.21 bits per heavy atom. The highest BCUT2D eigenvalue weighted by atomic mass is 16.5. The van der Waals surface area contributed by atoms with Gasteiger partial charge in [-0.15, -0.1) is 0 Å². The summed E-state index contributed by atoms with van der Waals surface area (Å²) in [6.45, 7) is 2.78. The molecule has 1 aromatic carbocycles. The molecule has 0 radical (unpaired) electrons. The average Bonchev–Trinajstić information content (AvgIpc) is 2.48. The minimum Gasteiger partial charge on any atom is -0.493 e. The van der Waals surface area contributed by atoms with Crippen molar-refractivity contribution < 1.29 is 4.74 Å². The highest BCUT2D eigenvalue weighted by Gasteiger charge is 2.03. The van der Waals surface area contributed by atoms with Crippen molar-refractivity contribution in [2.24, 2.45) is 0 Å². The zero-order valence-corrected chi connectivity index (χ0v) is 11.5. The Morgan fingerprint density at radius 2 is 2.11 bits per heavy atom. The second-order valence-corrected chi connectivity index (χ2v) is 4.50. The molecule has 0 amide bonds. The molecular weight excluding hydrogens is 236 g/mol. The third-order valence-corrected chi connectivity index (χ3v) is 3.14. The third kappa shape index (κ3) is 4.07. The van der Waals surface area contributed by atoms with E-state index in [1.54, 1.807) is 0 Å². The maximum absolute atomic E-state index is 5.78. The van der Waals surface area contributed by atoms with Gasteiger partial charge in [0.25, 0.3) is 0 Å². The zero-order valence-electron chi connectivity index (χ0n) is 11.5. The Bertz CT molecular complexity index is 499. The van der Waals surface area contributed by atoms with Crippen molar-refractivity contribution in [3.63, 3.8) is 0 Å². The fraction of sp³-hybridized carbons (Fsp3) is 0.312. The maximum atomic E-state index is 5.78. The van der Waals surface area contributed by atoms with E-state index in [9.17, 15) is 0 Å². The normalized spacial score (nSPS) is 12.1. The van der Waals surface area contributed by atoms with Gasteiger partial charge in [-0.25, -0.2) is 0 Å². The van der Waals surface area contributed by atoms with Crippen LogP contribution in [0.4, 0.5) is 0 Å². The fourth-order valence-corrected chi connectivity index (χ4v) is 1.86. The summed E-state index contributed by atoms with van der Waals surface area (Å²) >= 11 is 0. The lowest BCUT2D eigenvalue weighted by Crippen LogP contribution is -2.12. The van der Waals surface area contributed by atoms with Gasteiger partial charge in [-0.3, -0.25) is 4.98 Å². The van der Waals surface area contributed by atoms with Crippen LogP contribution in [0, 0.1) is 0 Å². The lowest BCUT2D eigenvalue weighted by Gasteiger charge is -2.12. The molecule has 0 saturated carbocycles. The van der Waals surface area contributed by atoms with Crippen LogP contribution in [0.1, 0.15) is 24.2 Å². The molecule has 2 aromatic rings. The number of nitrogens with one attached hydrogen (secondary N) is 1. The molecule has 3 nitrogen and oxygen atoms in total. The van der Waals surface area contributed by atoms with Crippen LogP contribution in [0.25, 0.3) is 0 Å². The first kappa shape index (κ1) is 13.6. The number of hydrogen-bond acceptors (Lipinski definition) is 3. The van der Waals surface area contributed by atoms with Crippen LogP contribution in [0.3, 0.4) is 0 Å². The fourth-order valence-electron chi connectivity index (χ4n) is 1.86. The van der Waals surface area contributed by atoms with Gasteiger partial charge in [0.05, 0.1) is 6.61 Å². The van der Waals surface area contributed by atoms with E-state index in [2.05, 4.69) is 29.4 Å². The minimum atomic E-state index is 0.333. The molecule has 1 heterocycles. The van der Waals surface area contributed by atoms with Crippen LogP contribution in [0.5, 0.6) is 5.75 Å². The standard InChI is InChI=1S/C16H20N2O/c1-13(17-2)14-6-5-8-16(12-14)19-11-9-15-7-3-4-10-18-15/h3-8,10,12-13,17H,9,11H2,1-2H3. The molecule has 1 unspecified atom stereocenters. The van der Waals surface area contributed by atoms with Crippen molar-refractivity contribution in [3.05, 3.63) is 59.9 Å². The van der Waals surface area contributed by atoms with Gasteiger partial charge >= 0.3 is 0 Å². The summed E-state index contributed by atoms with van der Waals surface area (Å²) in [6.07, 6.45) is 2.64. The predicted octanol–water partition coefficient (Wildman–Crippen LogP) is 2.98. The Morgan fingerprint density at radius 3 is 2.84 bits per heavy atom. The van der Waals surface area contributed by atoms with Gasteiger partial charge in [-0.1, -0.05) is 18.2 Å². The third-order valence-electron chi connectivity index (χ3n) is 3.14. The number of rotatable bonds is 6. The number of pyridine rings is 1. The van der Waals surface area contributed by atoms with Crippen molar-refractivity contribution in [3.8, 4) is 5.75 Å². The van der Waals surface area contributed by atoms with Crippen molar-refractivity contribution in [1.29, 1.82) is 0 Å². The van der Waals surface area contributed by atoms with Crippen LogP contribution in [-0.4, -0.2) is 18.6 Å². The van der Waals surface area contributed by atoms with E-state index in [-0.39, 0.29) is 0 Å². The first-order valence-corrected chi connectivity index (χ1v) is 6.59. The summed E-state index contributed by atoms with van der Waals surface area (Å²) in [7, 11) is 1.96. The monoisotopic (exact) mass is 256 g/mol. The SMILES string of the molecule is CNC(C)c1cccc(OCCc2ccccn2)c1.